The van der Waals surface area contributed by atoms with Crippen LogP contribution >= 0.6 is 11.6 Å². The predicted molar refractivity (Wildman–Crippen MR) is 114 cm³/mol. The van der Waals surface area contributed by atoms with Crippen LogP contribution in [0.25, 0.3) is 17.3 Å². The maximum atomic E-state index is 12.1. The van der Waals surface area contributed by atoms with Crippen LogP contribution in [-0.4, -0.2) is 31.4 Å². The number of methoxy groups -OCH3 is 1. The zero-order chi connectivity index (χ0) is 21.6. The fourth-order valence-corrected chi connectivity index (χ4v) is 3.34. The molecule has 0 amide bonds. The first-order chi connectivity index (χ1) is 15.1. The van der Waals surface area contributed by atoms with Crippen molar-refractivity contribution in [2.24, 2.45) is 0 Å². The van der Waals surface area contributed by atoms with Gasteiger partial charge in [-0.2, -0.15) is 0 Å². The summed E-state index contributed by atoms with van der Waals surface area (Å²) >= 11 is 6.27. The summed E-state index contributed by atoms with van der Waals surface area (Å²) in [5, 5.41) is 4.45. The number of fused-ring (bicyclic) bond motifs is 1. The number of benzene rings is 2. The summed E-state index contributed by atoms with van der Waals surface area (Å²) in [6.45, 7) is 1.05. The maximum Gasteiger partial charge on any atom is 0.331 e. The highest BCUT2D eigenvalue weighted by Gasteiger charge is 2.15. The van der Waals surface area contributed by atoms with Gasteiger partial charge in [-0.15, -0.1) is 0 Å². The second kappa shape index (κ2) is 9.57. The average molecular weight is 442 g/mol. The maximum absolute atomic E-state index is 12.1. The van der Waals surface area contributed by atoms with E-state index in [0.717, 1.165) is 12.0 Å². The second-order valence-electron chi connectivity index (χ2n) is 6.70. The zero-order valence-electron chi connectivity index (χ0n) is 16.8. The number of ether oxygens (including phenoxy) is 4. The van der Waals surface area contributed by atoms with Gasteiger partial charge >= 0.3 is 5.97 Å². The fraction of sp³-hybridized carbons (Fsp3) is 0.217. The molecule has 0 bridgehead atoms. The molecular formula is C23H20ClNO6. The van der Waals surface area contributed by atoms with Crippen LogP contribution in [0.2, 0.25) is 5.02 Å². The first-order valence-electron chi connectivity index (χ1n) is 9.67. The van der Waals surface area contributed by atoms with Crippen molar-refractivity contribution in [3.8, 4) is 28.5 Å². The van der Waals surface area contributed by atoms with Crippen LogP contribution in [0.3, 0.4) is 0 Å². The van der Waals surface area contributed by atoms with Gasteiger partial charge in [-0.1, -0.05) is 28.9 Å². The third-order valence-corrected chi connectivity index (χ3v) is 4.82. The van der Waals surface area contributed by atoms with Crippen molar-refractivity contribution in [1.82, 2.24) is 5.16 Å². The summed E-state index contributed by atoms with van der Waals surface area (Å²) in [7, 11) is 1.59. The molecular weight excluding hydrogens is 422 g/mol. The number of hydrogen-bond acceptors (Lipinski definition) is 7. The molecule has 1 aliphatic heterocycles. The van der Waals surface area contributed by atoms with E-state index in [-0.39, 0.29) is 6.61 Å². The highest BCUT2D eigenvalue weighted by atomic mass is 35.5. The summed E-state index contributed by atoms with van der Waals surface area (Å²) in [5.74, 6) is 1.65. The minimum atomic E-state index is -0.529. The van der Waals surface area contributed by atoms with Gasteiger partial charge in [-0.05, 0) is 35.9 Å². The van der Waals surface area contributed by atoms with Gasteiger partial charge in [0.1, 0.15) is 11.4 Å². The van der Waals surface area contributed by atoms with E-state index in [1.807, 2.05) is 24.3 Å². The molecule has 0 saturated carbocycles. The molecule has 0 atom stereocenters. The quantitative estimate of drug-likeness (QED) is 0.396. The number of hydrogen-bond donors (Lipinski definition) is 0. The summed E-state index contributed by atoms with van der Waals surface area (Å²) in [6, 6.07) is 12.6. The van der Waals surface area contributed by atoms with Crippen molar-refractivity contribution in [3.63, 3.8) is 0 Å². The smallest absolute Gasteiger partial charge is 0.331 e. The molecule has 0 aliphatic carbocycles. The van der Waals surface area contributed by atoms with Gasteiger partial charge < -0.3 is 23.5 Å². The Morgan fingerprint density at radius 1 is 1.19 bits per heavy atom. The minimum Gasteiger partial charge on any atom is -0.496 e. The van der Waals surface area contributed by atoms with Crippen LogP contribution in [0.15, 0.2) is 53.1 Å². The lowest BCUT2D eigenvalue weighted by Gasteiger charge is -2.09. The SMILES string of the molecule is COc1ccccc1-c1cc(COC(=O)/C=C/c2cc(Cl)c3c(c2)OCCCO3)on1. The largest absolute Gasteiger partial charge is 0.496 e. The van der Waals surface area contributed by atoms with Crippen molar-refractivity contribution < 1.29 is 28.3 Å². The fourth-order valence-electron chi connectivity index (χ4n) is 3.07. The van der Waals surface area contributed by atoms with Gasteiger partial charge in [0, 0.05) is 24.1 Å². The Labute approximate surface area is 184 Å². The zero-order valence-corrected chi connectivity index (χ0v) is 17.6. The Kier molecular flexibility index (Phi) is 6.43. The Balaban J connectivity index is 1.38. The molecule has 0 spiro atoms. The van der Waals surface area contributed by atoms with Gasteiger partial charge in [-0.3, -0.25) is 0 Å². The van der Waals surface area contributed by atoms with Crippen molar-refractivity contribution in [1.29, 1.82) is 0 Å². The van der Waals surface area contributed by atoms with Gasteiger partial charge in [0.05, 0.1) is 25.3 Å². The van der Waals surface area contributed by atoms with E-state index in [1.165, 1.54) is 6.08 Å². The Morgan fingerprint density at radius 2 is 2.03 bits per heavy atom. The number of para-hydroxylation sites is 1. The van der Waals surface area contributed by atoms with Crippen LogP contribution in [0.4, 0.5) is 0 Å². The standard InChI is InChI=1S/C23H20ClNO6/c1-27-20-6-3-2-5-17(20)19-13-16(31-25-19)14-30-22(26)8-7-15-11-18(24)23-21(12-15)28-9-4-10-29-23/h2-3,5-8,11-13H,4,9-10,14H2,1H3/b8-7+. The molecule has 8 heteroatoms. The molecule has 0 fully saturated rings. The first-order valence-corrected chi connectivity index (χ1v) is 10.0. The van der Waals surface area contributed by atoms with E-state index in [2.05, 4.69) is 5.16 Å². The monoisotopic (exact) mass is 441 g/mol. The third kappa shape index (κ3) is 5.00. The molecule has 3 aromatic rings. The molecule has 0 N–H and O–H groups in total. The van der Waals surface area contributed by atoms with Crippen LogP contribution in [-0.2, 0) is 16.1 Å². The number of aromatic nitrogens is 1. The molecule has 0 radical (unpaired) electrons. The molecule has 0 saturated heterocycles. The molecule has 1 aromatic heterocycles. The molecule has 2 heterocycles. The van der Waals surface area contributed by atoms with E-state index in [9.17, 15) is 4.79 Å². The summed E-state index contributed by atoms with van der Waals surface area (Å²) < 4.78 is 27.1. The third-order valence-electron chi connectivity index (χ3n) is 4.53. The van der Waals surface area contributed by atoms with Crippen LogP contribution in [0.1, 0.15) is 17.7 Å². The molecule has 7 nitrogen and oxygen atoms in total. The lowest BCUT2D eigenvalue weighted by molar-refractivity contribution is -0.139. The Hall–Kier alpha value is -3.45. The number of carbonyl (C=O) groups is 1. The van der Waals surface area contributed by atoms with Crippen LogP contribution < -0.4 is 14.2 Å². The van der Waals surface area contributed by atoms with E-state index >= 15 is 0 Å². The summed E-state index contributed by atoms with van der Waals surface area (Å²) in [6.07, 6.45) is 3.69. The van der Waals surface area contributed by atoms with E-state index in [0.29, 0.717) is 52.5 Å². The van der Waals surface area contributed by atoms with Crippen molar-refractivity contribution in [2.45, 2.75) is 13.0 Å². The molecule has 160 valence electrons. The Bertz CT molecular complexity index is 1110. The molecule has 4 rings (SSSR count). The highest BCUT2D eigenvalue weighted by molar-refractivity contribution is 6.32. The lowest BCUT2D eigenvalue weighted by atomic mass is 10.1. The number of nitrogens with zero attached hydrogens (tertiary/aromatic N) is 1. The van der Waals surface area contributed by atoms with Crippen molar-refractivity contribution in [3.05, 3.63) is 64.9 Å². The first kappa shape index (κ1) is 20.8. The second-order valence-corrected chi connectivity index (χ2v) is 7.11. The molecule has 1 aliphatic rings. The molecule has 0 unspecified atom stereocenters. The van der Waals surface area contributed by atoms with Crippen molar-refractivity contribution in [2.75, 3.05) is 20.3 Å². The van der Waals surface area contributed by atoms with Crippen molar-refractivity contribution >= 4 is 23.6 Å². The Morgan fingerprint density at radius 3 is 2.90 bits per heavy atom. The number of esters is 1. The molecule has 2 aromatic carbocycles. The number of halogens is 1. The van der Waals surface area contributed by atoms with Crippen LogP contribution in [0.5, 0.6) is 17.2 Å². The van der Waals surface area contributed by atoms with Gasteiger partial charge in [0.2, 0.25) is 0 Å². The number of rotatable bonds is 6. The van der Waals surface area contributed by atoms with E-state index in [4.69, 9.17) is 35.1 Å². The van der Waals surface area contributed by atoms with E-state index in [1.54, 1.807) is 31.4 Å². The average Bonchev–Trinajstić information content (AvgIpc) is 3.13. The van der Waals surface area contributed by atoms with E-state index < -0.39 is 5.97 Å². The normalized spacial score (nSPS) is 13.1. The van der Waals surface area contributed by atoms with Gasteiger partial charge in [-0.25, -0.2) is 4.79 Å². The summed E-state index contributed by atoms with van der Waals surface area (Å²) in [5.41, 5.74) is 2.09. The van der Waals surface area contributed by atoms with Gasteiger partial charge in [0.15, 0.2) is 23.9 Å². The highest BCUT2D eigenvalue weighted by Crippen LogP contribution is 2.38. The van der Waals surface area contributed by atoms with Crippen LogP contribution in [0, 0.1) is 0 Å². The lowest BCUT2D eigenvalue weighted by Crippen LogP contribution is -2.00. The summed E-state index contributed by atoms with van der Waals surface area (Å²) in [4.78, 5) is 12.1. The topological polar surface area (TPSA) is 80.0 Å². The van der Waals surface area contributed by atoms with Gasteiger partial charge in [0.25, 0.3) is 0 Å². The predicted octanol–water partition coefficient (Wildman–Crippen LogP) is 4.92. The number of carbonyl (C=O) groups excluding carboxylic acids is 1. The molecule has 31 heavy (non-hydrogen) atoms. The minimum absolute atomic E-state index is 0.0484.